The monoisotopic (exact) mass is 258 g/mol. The number of carbonyl (C=O) groups is 1. The molecular formula is C10H15BrN2O. The van der Waals surface area contributed by atoms with Crippen LogP contribution >= 0.6 is 15.9 Å². The molecule has 0 aliphatic rings. The van der Waals surface area contributed by atoms with Crippen LogP contribution in [0.4, 0.5) is 0 Å². The Labute approximate surface area is 92.6 Å². The van der Waals surface area contributed by atoms with Gasteiger partial charge in [0.1, 0.15) is 5.69 Å². The summed E-state index contributed by atoms with van der Waals surface area (Å²) in [6.07, 6.45) is 2.25. The second-order valence-electron chi connectivity index (χ2n) is 3.68. The molecule has 0 saturated heterocycles. The maximum atomic E-state index is 11.8. The van der Waals surface area contributed by atoms with Crippen molar-refractivity contribution in [2.24, 2.45) is 5.92 Å². The standard InChI is InChI=1S/C10H15BrN2O/c1-4-13-10(8(11)6-12-13)9(14)5-7(2)3/h6-7H,4-5H2,1-3H3. The molecule has 1 heterocycles. The Kier molecular flexibility index (Phi) is 3.86. The van der Waals surface area contributed by atoms with E-state index in [1.807, 2.05) is 20.8 Å². The van der Waals surface area contributed by atoms with Crippen LogP contribution in [0.5, 0.6) is 0 Å². The molecule has 1 aromatic heterocycles. The van der Waals surface area contributed by atoms with Gasteiger partial charge in [0, 0.05) is 13.0 Å². The van der Waals surface area contributed by atoms with Gasteiger partial charge in [0.15, 0.2) is 5.78 Å². The zero-order chi connectivity index (χ0) is 10.7. The minimum Gasteiger partial charge on any atom is -0.292 e. The molecule has 0 aliphatic heterocycles. The molecule has 14 heavy (non-hydrogen) atoms. The van der Waals surface area contributed by atoms with Crippen LogP contribution in [0, 0.1) is 5.92 Å². The molecule has 78 valence electrons. The first-order valence-electron chi connectivity index (χ1n) is 4.80. The minimum atomic E-state index is 0.159. The van der Waals surface area contributed by atoms with Gasteiger partial charge in [0.25, 0.3) is 0 Å². The first-order valence-corrected chi connectivity index (χ1v) is 5.60. The Bertz CT molecular complexity index is 331. The van der Waals surface area contributed by atoms with E-state index in [0.717, 1.165) is 11.0 Å². The van der Waals surface area contributed by atoms with Crippen LogP contribution in [0.25, 0.3) is 0 Å². The Morgan fingerprint density at radius 2 is 2.29 bits per heavy atom. The molecule has 0 spiro atoms. The maximum absolute atomic E-state index is 11.8. The normalized spacial score (nSPS) is 10.9. The van der Waals surface area contributed by atoms with Gasteiger partial charge < -0.3 is 0 Å². The number of ketones is 1. The molecule has 0 atom stereocenters. The second-order valence-corrected chi connectivity index (χ2v) is 4.53. The third-order valence-electron chi connectivity index (χ3n) is 1.95. The summed E-state index contributed by atoms with van der Waals surface area (Å²) in [6, 6.07) is 0. The first kappa shape index (κ1) is 11.4. The molecule has 1 aromatic rings. The molecule has 0 aliphatic carbocycles. The molecular weight excluding hydrogens is 244 g/mol. The van der Waals surface area contributed by atoms with Crippen molar-refractivity contribution in [3.8, 4) is 0 Å². The summed E-state index contributed by atoms with van der Waals surface area (Å²) in [7, 11) is 0. The third-order valence-corrected chi connectivity index (χ3v) is 2.53. The molecule has 0 amide bonds. The van der Waals surface area contributed by atoms with Gasteiger partial charge in [0.05, 0.1) is 10.7 Å². The van der Waals surface area contributed by atoms with Crippen LogP contribution in [0.1, 0.15) is 37.7 Å². The highest BCUT2D eigenvalue weighted by Gasteiger charge is 2.16. The number of hydrogen-bond donors (Lipinski definition) is 0. The lowest BCUT2D eigenvalue weighted by molar-refractivity contribution is 0.0956. The number of aryl methyl sites for hydroxylation is 1. The summed E-state index contributed by atoms with van der Waals surface area (Å²) < 4.78 is 2.53. The molecule has 0 bridgehead atoms. The molecule has 3 nitrogen and oxygen atoms in total. The fourth-order valence-electron chi connectivity index (χ4n) is 1.35. The van der Waals surface area contributed by atoms with Crippen LogP contribution in [-0.2, 0) is 6.54 Å². The van der Waals surface area contributed by atoms with Crippen molar-refractivity contribution < 1.29 is 4.79 Å². The topological polar surface area (TPSA) is 34.9 Å². The maximum Gasteiger partial charge on any atom is 0.182 e. The number of aromatic nitrogens is 2. The lowest BCUT2D eigenvalue weighted by atomic mass is 10.1. The van der Waals surface area contributed by atoms with E-state index in [4.69, 9.17) is 0 Å². The van der Waals surface area contributed by atoms with Crippen molar-refractivity contribution in [1.29, 1.82) is 0 Å². The van der Waals surface area contributed by atoms with Crippen molar-refractivity contribution in [2.75, 3.05) is 0 Å². The summed E-state index contributed by atoms with van der Waals surface area (Å²) in [5.41, 5.74) is 0.696. The Morgan fingerprint density at radius 1 is 1.64 bits per heavy atom. The van der Waals surface area contributed by atoms with Gasteiger partial charge in [-0.05, 0) is 28.8 Å². The predicted molar refractivity (Wildman–Crippen MR) is 59.4 cm³/mol. The zero-order valence-corrected chi connectivity index (χ0v) is 10.3. The van der Waals surface area contributed by atoms with Crippen LogP contribution in [0.15, 0.2) is 10.7 Å². The van der Waals surface area contributed by atoms with E-state index in [1.165, 1.54) is 0 Å². The van der Waals surface area contributed by atoms with Gasteiger partial charge in [-0.3, -0.25) is 9.48 Å². The number of carbonyl (C=O) groups excluding carboxylic acids is 1. The van der Waals surface area contributed by atoms with Gasteiger partial charge in [-0.25, -0.2) is 0 Å². The predicted octanol–water partition coefficient (Wildman–Crippen LogP) is 2.89. The molecule has 0 unspecified atom stereocenters. The van der Waals surface area contributed by atoms with Gasteiger partial charge in [0.2, 0.25) is 0 Å². The van der Waals surface area contributed by atoms with Crippen molar-refractivity contribution in [1.82, 2.24) is 9.78 Å². The number of rotatable bonds is 4. The summed E-state index contributed by atoms with van der Waals surface area (Å²) in [6.45, 7) is 6.79. The second kappa shape index (κ2) is 4.73. The van der Waals surface area contributed by atoms with Crippen molar-refractivity contribution in [3.05, 3.63) is 16.4 Å². The molecule has 0 radical (unpaired) electrons. The molecule has 0 saturated carbocycles. The fourth-order valence-corrected chi connectivity index (χ4v) is 1.86. The van der Waals surface area contributed by atoms with E-state index < -0.39 is 0 Å². The van der Waals surface area contributed by atoms with Crippen LogP contribution in [0.3, 0.4) is 0 Å². The lowest BCUT2D eigenvalue weighted by Gasteiger charge is -2.06. The Morgan fingerprint density at radius 3 is 2.79 bits per heavy atom. The summed E-state index contributed by atoms with van der Waals surface area (Å²) >= 11 is 3.34. The third kappa shape index (κ3) is 2.44. The molecule has 0 fully saturated rings. The Hall–Kier alpha value is -0.640. The summed E-state index contributed by atoms with van der Waals surface area (Å²) in [4.78, 5) is 11.8. The number of nitrogens with zero attached hydrogens (tertiary/aromatic N) is 2. The highest BCUT2D eigenvalue weighted by molar-refractivity contribution is 9.10. The largest absolute Gasteiger partial charge is 0.292 e. The molecule has 1 rings (SSSR count). The van der Waals surface area contributed by atoms with E-state index >= 15 is 0 Å². The van der Waals surface area contributed by atoms with E-state index in [1.54, 1.807) is 10.9 Å². The molecule has 4 heteroatoms. The smallest absolute Gasteiger partial charge is 0.182 e. The molecule has 0 aromatic carbocycles. The van der Waals surface area contributed by atoms with Crippen LogP contribution in [-0.4, -0.2) is 15.6 Å². The number of hydrogen-bond acceptors (Lipinski definition) is 2. The fraction of sp³-hybridized carbons (Fsp3) is 0.600. The van der Waals surface area contributed by atoms with Gasteiger partial charge in [-0.15, -0.1) is 0 Å². The lowest BCUT2D eigenvalue weighted by Crippen LogP contribution is -2.11. The van der Waals surface area contributed by atoms with E-state index in [-0.39, 0.29) is 5.78 Å². The SMILES string of the molecule is CCn1ncc(Br)c1C(=O)CC(C)C. The van der Waals surface area contributed by atoms with E-state index in [2.05, 4.69) is 21.0 Å². The van der Waals surface area contributed by atoms with Crippen LogP contribution < -0.4 is 0 Å². The Balaban J connectivity index is 2.93. The first-order chi connectivity index (χ1) is 6.56. The van der Waals surface area contributed by atoms with E-state index in [9.17, 15) is 4.79 Å². The summed E-state index contributed by atoms with van der Waals surface area (Å²) in [5.74, 6) is 0.542. The van der Waals surface area contributed by atoms with E-state index in [0.29, 0.717) is 18.0 Å². The quantitative estimate of drug-likeness (QED) is 0.779. The number of Topliss-reactive ketones (excluding diaryl/α,β-unsaturated/α-hetero) is 1. The average Bonchev–Trinajstić information content (AvgIpc) is 2.45. The highest BCUT2D eigenvalue weighted by atomic mass is 79.9. The van der Waals surface area contributed by atoms with Crippen molar-refractivity contribution >= 4 is 21.7 Å². The highest BCUT2D eigenvalue weighted by Crippen LogP contribution is 2.19. The van der Waals surface area contributed by atoms with Crippen LogP contribution in [0.2, 0.25) is 0 Å². The van der Waals surface area contributed by atoms with Crippen molar-refractivity contribution in [3.63, 3.8) is 0 Å². The van der Waals surface area contributed by atoms with Gasteiger partial charge >= 0.3 is 0 Å². The number of halogens is 1. The summed E-state index contributed by atoms with van der Waals surface area (Å²) in [5, 5.41) is 4.11. The zero-order valence-electron chi connectivity index (χ0n) is 8.75. The van der Waals surface area contributed by atoms with Gasteiger partial charge in [-0.1, -0.05) is 13.8 Å². The molecule has 0 N–H and O–H groups in total. The minimum absolute atomic E-state index is 0.159. The average molecular weight is 259 g/mol. The van der Waals surface area contributed by atoms with Gasteiger partial charge in [-0.2, -0.15) is 5.10 Å². The van der Waals surface area contributed by atoms with Crippen molar-refractivity contribution in [2.45, 2.75) is 33.7 Å².